The number of rotatable bonds is 14. The maximum Gasteiger partial charge on any atom is 0.405 e. The molecule has 1 aliphatic rings. The summed E-state index contributed by atoms with van der Waals surface area (Å²) in [5, 5.41) is 19.7. The number of nitrogens with one attached hydrogen (secondary N) is 5. The summed E-state index contributed by atoms with van der Waals surface area (Å²) < 4.78 is 19.1. The van der Waals surface area contributed by atoms with Crippen molar-refractivity contribution in [1.82, 2.24) is 31.5 Å². The number of nitrogens with zero attached hydrogens (tertiary/aromatic N) is 1. The molecule has 1 heterocycles. The zero-order chi connectivity index (χ0) is 31.4. The van der Waals surface area contributed by atoms with Gasteiger partial charge in [-0.15, -0.1) is 0 Å². The molecule has 2 rings (SSSR count). The Hall–Kier alpha value is -4.76. The monoisotopic (exact) mass is 594 g/mol. The minimum Gasteiger partial charge on any atom is -0.465 e. The second-order valence-corrected chi connectivity index (χ2v) is 9.74. The molecule has 4 atom stereocenters. The molecule has 0 spiro atoms. The SMILES string of the molecule is CCOC(=O)[C@@H](NC(=O)[C@H](CC(C)C)NC(=O)[C@H](Cc1ccccc1)NC(=O)CNC(=O)O)N1CC(F)C(=O)NC1=O. The van der Waals surface area contributed by atoms with Gasteiger partial charge in [0.05, 0.1) is 13.2 Å². The Bertz CT molecular complexity index is 1170. The number of urea groups is 1. The van der Waals surface area contributed by atoms with Gasteiger partial charge < -0.3 is 31.1 Å². The quantitative estimate of drug-likeness (QED) is 0.152. The lowest BCUT2D eigenvalue weighted by molar-refractivity contribution is -0.153. The lowest BCUT2D eigenvalue weighted by atomic mass is 10.0. The second kappa shape index (κ2) is 15.9. The first-order chi connectivity index (χ1) is 19.8. The van der Waals surface area contributed by atoms with Crippen molar-refractivity contribution in [3.8, 4) is 0 Å². The molecular weight excluding hydrogens is 559 g/mol. The zero-order valence-corrected chi connectivity index (χ0v) is 23.3. The Kier molecular flexibility index (Phi) is 12.6. The number of benzene rings is 1. The van der Waals surface area contributed by atoms with Crippen LogP contribution in [0.2, 0.25) is 0 Å². The summed E-state index contributed by atoms with van der Waals surface area (Å²) in [6.07, 6.45) is -5.38. The highest BCUT2D eigenvalue weighted by Gasteiger charge is 2.41. The van der Waals surface area contributed by atoms with Crippen molar-refractivity contribution >= 4 is 41.7 Å². The predicted octanol–water partition coefficient (Wildman–Crippen LogP) is -0.592. The number of alkyl halides is 1. The van der Waals surface area contributed by atoms with E-state index in [-0.39, 0.29) is 25.4 Å². The third kappa shape index (κ3) is 10.3. The molecule has 1 aromatic carbocycles. The fourth-order valence-electron chi connectivity index (χ4n) is 3.97. The summed E-state index contributed by atoms with van der Waals surface area (Å²) in [6.45, 7) is 3.40. The molecule has 7 amide bonds. The first-order valence-electron chi connectivity index (χ1n) is 13.1. The van der Waals surface area contributed by atoms with Crippen LogP contribution < -0.4 is 26.6 Å². The molecule has 1 saturated heterocycles. The number of imide groups is 1. The third-order valence-electron chi connectivity index (χ3n) is 5.91. The number of esters is 1. The molecule has 0 aliphatic carbocycles. The van der Waals surface area contributed by atoms with Crippen molar-refractivity contribution in [2.45, 2.75) is 58.0 Å². The summed E-state index contributed by atoms with van der Waals surface area (Å²) in [5.41, 5.74) is 0.655. The van der Waals surface area contributed by atoms with E-state index in [0.29, 0.717) is 10.5 Å². The summed E-state index contributed by atoms with van der Waals surface area (Å²) in [7, 11) is 0. The van der Waals surface area contributed by atoms with E-state index in [1.807, 2.05) is 5.32 Å². The van der Waals surface area contributed by atoms with Crippen LogP contribution in [0.1, 0.15) is 32.8 Å². The van der Waals surface area contributed by atoms with Crippen molar-refractivity contribution in [2.75, 3.05) is 19.7 Å². The fraction of sp³-hybridized carbons (Fsp3) is 0.500. The first kappa shape index (κ1) is 33.4. The Morgan fingerprint density at radius 1 is 1.05 bits per heavy atom. The van der Waals surface area contributed by atoms with Crippen molar-refractivity contribution in [1.29, 1.82) is 0 Å². The standard InChI is InChI=1S/C26H35FN6O9/c1-4-42-24(38)20(33-13-16(27)21(35)32-25(33)39)31-23(37)17(10-14(2)3)30-22(36)18(11-15-8-6-5-7-9-15)29-19(34)12-28-26(40)41/h5-9,14,16-18,20,28H,4,10-13H2,1-3H3,(H,29,34)(H,30,36)(H,31,37)(H,40,41)(H,32,35,39)/t16?,17-,18-,20-/m0/s1. The van der Waals surface area contributed by atoms with E-state index in [1.165, 1.54) is 6.92 Å². The summed E-state index contributed by atoms with van der Waals surface area (Å²) in [4.78, 5) is 87.1. The molecule has 15 nitrogen and oxygen atoms in total. The molecule has 0 radical (unpaired) electrons. The molecule has 1 aromatic rings. The molecule has 16 heteroatoms. The average molecular weight is 595 g/mol. The minimum atomic E-state index is -2.17. The van der Waals surface area contributed by atoms with Gasteiger partial charge in [0.25, 0.3) is 5.91 Å². The highest BCUT2D eigenvalue weighted by Crippen LogP contribution is 2.12. The molecule has 0 saturated carbocycles. The van der Waals surface area contributed by atoms with Gasteiger partial charge in [-0.05, 0) is 24.8 Å². The normalized spacial score (nSPS) is 16.9. The van der Waals surface area contributed by atoms with Crippen molar-refractivity contribution in [2.24, 2.45) is 5.92 Å². The van der Waals surface area contributed by atoms with Crippen molar-refractivity contribution in [3.63, 3.8) is 0 Å². The molecule has 1 fully saturated rings. The van der Waals surface area contributed by atoms with Crippen LogP contribution in [0, 0.1) is 5.92 Å². The lowest BCUT2D eigenvalue weighted by Crippen LogP contribution is -2.66. The van der Waals surface area contributed by atoms with Gasteiger partial charge in [-0.1, -0.05) is 44.2 Å². The van der Waals surface area contributed by atoms with E-state index >= 15 is 0 Å². The lowest BCUT2D eigenvalue weighted by Gasteiger charge is -2.35. The van der Waals surface area contributed by atoms with Gasteiger partial charge in [0.15, 0.2) is 6.17 Å². The summed E-state index contributed by atoms with van der Waals surface area (Å²) in [6, 6.07) is 4.94. The van der Waals surface area contributed by atoms with Gasteiger partial charge in [-0.2, -0.15) is 0 Å². The van der Waals surface area contributed by atoms with Gasteiger partial charge in [0.1, 0.15) is 18.6 Å². The van der Waals surface area contributed by atoms with Gasteiger partial charge in [-0.25, -0.2) is 18.8 Å². The largest absolute Gasteiger partial charge is 0.465 e. The maximum absolute atomic E-state index is 14.1. The number of amides is 7. The van der Waals surface area contributed by atoms with Crippen LogP contribution in [0.4, 0.5) is 14.0 Å². The second-order valence-electron chi connectivity index (χ2n) is 9.74. The molecule has 1 aliphatic heterocycles. The van der Waals surface area contributed by atoms with Gasteiger partial charge in [-0.3, -0.25) is 29.4 Å². The van der Waals surface area contributed by atoms with Gasteiger partial charge in [0, 0.05) is 6.42 Å². The molecule has 230 valence electrons. The highest BCUT2D eigenvalue weighted by atomic mass is 19.1. The number of hydrogen-bond donors (Lipinski definition) is 6. The van der Waals surface area contributed by atoms with E-state index in [0.717, 1.165) is 0 Å². The number of carbonyl (C=O) groups is 7. The first-order valence-corrected chi connectivity index (χ1v) is 13.1. The summed E-state index contributed by atoms with van der Waals surface area (Å²) >= 11 is 0. The summed E-state index contributed by atoms with van der Waals surface area (Å²) in [5.74, 6) is -4.98. The molecule has 6 N–H and O–H groups in total. The van der Waals surface area contributed by atoms with Gasteiger partial charge in [0.2, 0.25) is 23.9 Å². The number of carbonyl (C=O) groups excluding carboxylic acids is 6. The molecule has 0 bridgehead atoms. The van der Waals surface area contributed by atoms with E-state index in [9.17, 15) is 38.0 Å². The van der Waals surface area contributed by atoms with Crippen molar-refractivity contribution < 1.29 is 47.8 Å². The number of halogens is 1. The number of ether oxygens (including phenoxy) is 1. The number of carboxylic acid groups (broad SMARTS) is 1. The average Bonchev–Trinajstić information content (AvgIpc) is 2.92. The van der Waals surface area contributed by atoms with E-state index in [1.54, 1.807) is 49.5 Å². The van der Waals surface area contributed by atoms with Crippen LogP contribution in [0.15, 0.2) is 30.3 Å². The fourth-order valence-corrected chi connectivity index (χ4v) is 3.97. The van der Waals surface area contributed by atoms with E-state index in [4.69, 9.17) is 9.84 Å². The Morgan fingerprint density at radius 3 is 2.29 bits per heavy atom. The van der Waals surface area contributed by atoms with Crippen LogP contribution in [0.3, 0.4) is 0 Å². The molecule has 0 aromatic heterocycles. The van der Waals surface area contributed by atoms with Crippen LogP contribution in [-0.4, -0.2) is 95.8 Å². The van der Waals surface area contributed by atoms with Crippen molar-refractivity contribution in [3.05, 3.63) is 35.9 Å². The third-order valence-corrected chi connectivity index (χ3v) is 5.91. The van der Waals surface area contributed by atoms with Crippen LogP contribution in [0.25, 0.3) is 0 Å². The molecule has 42 heavy (non-hydrogen) atoms. The minimum absolute atomic E-state index is 0.00712. The number of hydrogen-bond acceptors (Lipinski definition) is 8. The smallest absolute Gasteiger partial charge is 0.405 e. The Balaban J connectivity index is 2.28. The Morgan fingerprint density at radius 2 is 1.69 bits per heavy atom. The predicted molar refractivity (Wildman–Crippen MR) is 143 cm³/mol. The zero-order valence-electron chi connectivity index (χ0n) is 23.3. The van der Waals surface area contributed by atoms with Gasteiger partial charge >= 0.3 is 18.1 Å². The van der Waals surface area contributed by atoms with Crippen LogP contribution in [0.5, 0.6) is 0 Å². The maximum atomic E-state index is 14.1. The topological polar surface area (TPSA) is 212 Å². The van der Waals surface area contributed by atoms with Crippen LogP contribution >= 0.6 is 0 Å². The molecule has 1 unspecified atom stereocenters. The van der Waals surface area contributed by atoms with Crippen LogP contribution in [-0.2, 0) is 35.1 Å². The molecular formula is C26H35FN6O9. The van der Waals surface area contributed by atoms with E-state index in [2.05, 4.69) is 16.0 Å². The highest BCUT2D eigenvalue weighted by molar-refractivity contribution is 6.01. The van der Waals surface area contributed by atoms with E-state index < -0.39 is 79.2 Å². The Labute approximate surface area is 240 Å².